The number of nitrogens with two attached hydrogens (primary N) is 1. The predicted molar refractivity (Wildman–Crippen MR) is 65.6 cm³/mol. The summed E-state index contributed by atoms with van der Waals surface area (Å²) in [7, 11) is 0. The average molecular weight is 270 g/mol. The van der Waals surface area contributed by atoms with Crippen molar-refractivity contribution < 1.29 is 18.3 Å². The molecule has 1 aliphatic heterocycles. The molecule has 1 aromatic rings. The van der Waals surface area contributed by atoms with Crippen molar-refractivity contribution in [2.24, 2.45) is 5.73 Å². The number of ether oxygens (including phenoxy) is 1. The van der Waals surface area contributed by atoms with Crippen LogP contribution in [0.5, 0.6) is 5.75 Å². The van der Waals surface area contributed by atoms with Gasteiger partial charge in [-0.25, -0.2) is 8.78 Å². The third-order valence-electron chi connectivity index (χ3n) is 3.16. The number of piperidine rings is 1. The van der Waals surface area contributed by atoms with Crippen LogP contribution >= 0.6 is 0 Å². The van der Waals surface area contributed by atoms with Crippen molar-refractivity contribution in [3.05, 3.63) is 29.8 Å². The predicted octanol–water partition coefficient (Wildman–Crippen LogP) is 1.29. The Morgan fingerprint density at radius 1 is 1.37 bits per heavy atom. The summed E-state index contributed by atoms with van der Waals surface area (Å²) in [5.41, 5.74) is 5.28. The highest BCUT2D eigenvalue weighted by molar-refractivity contribution is 5.78. The van der Waals surface area contributed by atoms with E-state index in [0.717, 1.165) is 18.2 Å². The number of amides is 1. The van der Waals surface area contributed by atoms with E-state index in [1.165, 1.54) is 0 Å². The zero-order valence-electron chi connectivity index (χ0n) is 10.4. The fourth-order valence-electron chi connectivity index (χ4n) is 2.10. The summed E-state index contributed by atoms with van der Waals surface area (Å²) in [6, 6.07) is 3.12. The van der Waals surface area contributed by atoms with Gasteiger partial charge in [0.05, 0.1) is 6.54 Å². The first-order valence-corrected chi connectivity index (χ1v) is 6.19. The molecule has 1 amide bonds. The molecule has 1 fully saturated rings. The number of carbonyl (C=O) groups is 1. The number of carbonyl (C=O) groups excluding carboxylic acids is 1. The molecule has 0 radical (unpaired) electrons. The molecule has 19 heavy (non-hydrogen) atoms. The molecule has 104 valence electrons. The minimum absolute atomic E-state index is 0.00987. The third kappa shape index (κ3) is 3.41. The highest BCUT2D eigenvalue weighted by Gasteiger charge is 2.23. The van der Waals surface area contributed by atoms with Gasteiger partial charge in [0, 0.05) is 32.0 Å². The fourth-order valence-corrected chi connectivity index (χ4v) is 2.10. The van der Waals surface area contributed by atoms with Crippen molar-refractivity contribution in [3.63, 3.8) is 0 Å². The molecular formula is C13H16F2N2O2. The molecule has 1 heterocycles. The Bertz CT molecular complexity index is 460. The number of halogens is 2. The maximum Gasteiger partial charge on any atom is 0.236 e. The van der Waals surface area contributed by atoms with E-state index in [1.807, 2.05) is 0 Å². The number of hydrogen-bond donors (Lipinski definition) is 1. The summed E-state index contributed by atoms with van der Waals surface area (Å²) in [6.07, 6.45) is 0.960. The van der Waals surface area contributed by atoms with Gasteiger partial charge in [0.15, 0.2) is 11.6 Å². The van der Waals surface area contributed by atoms with Crippen LogP contribution in [0.4, 0.5) is 8.78 Å². The Labute approximate surface area is 110 Å². The quantitative estimate of drug-likeness (QED) is 0.900. The van der Waals surface area contributed by atoms with Gasteiger partial charge in [-0.2, -0.15) is 0 Å². The Hall–Kier alpha value is -1.69. The van der Waals surface area contributed by atoms with Gasteiger partial charge in [0.25, 0.3) is 0 Å². The van der Waals surface area contributed by atoms with Crippen molar-refractivity contribution in [2.45, 2.75) is 18.9 Å². The number of benzene rings is 1. The van der Waals surface area contributed by atoms with Gasteiger partial charge < -0.3 is 15.4 Å². The number of rotatable bonds is 3. The lowest BCUT2D eigenvalue weighted by Gasteiger charge is -2.32. The van der Waals surface area contributed by atoms with Gasteiger partial charge in [0.1, 0.15) is 11.9 Å². The number of likely N-dealkylation sites (tertiary alicyclic amines) is 1. The molecule has 0 aromatic heterocycles. The monoisotopic (exact) mass is 270 g/mol. The van der Waals surface area contributed by atoms with Crippen molar-refractivity contribution in [2.75, 3.05) is 19.6 Å². The minimum Gasteiger partial charge on any atom is -0.487 e. The van der Waals surface area contributed by atoms with Crippen LogP contribution in [0.3, 0.4) is 0 Å². The van der Waals surface area contributed by atoms with Crippen LogP contribution in [0.15, 0.2) is 18.2 Å². The first-order valence-electron chi connectivity index (χ1n) is 6.19. The smallest absolute Gasteiger partial charge is 0.236 e. The summed E-state index contributed by atoms with van der Waals surface area (Å²) in [4.78, 5) is 13.0. The summed E-state index contributed by atoms with van der Waals surface area (Å²) in [5, 5.41) is 0. The molecule has 0 bridgehead atoms. The van der Waals surface area contributed by atoms with E-state index in [0.29, 0.717) is 25.9 Å². The zero-order valence-corrected chi connectivity index (χ0v) is 10.4. The Kier molecular flexibility index (Phi) is 4.31. The van der Waals surface area contributed by atoms with Crippen molar-refractivity contribution in [1.29, 1.82) is 0 Å². The third-order valence-corrected chi connectivity index (χ3v) is 3.16. The first kappa shape index (κ1) is 13.7. The number of hydrogen-bond acceptors (Lipinski definition) is 3. The zero-order chi connectivity index (χ0) is 13.8. The van der Waals surface area contributed by atoms with Crippen LogP contribution in [0.2, 0.25) is 0 Å². The normalized spacial score (nSPS) is 16.5. The van der Waals surface area contributed by atoms with Gasteiger partial charge >= 0.3 is 0 Å². The van der Waals surface area contributed by atoms with Gasteiger partial charge in [-0.05, 0) is 12.1 Å². The van der Waals surface area contributed by atoms with E-state index in [2.05, 4.69) is 0 Å². The van der Waals surface area contributed by atoms with E-state index in [4.69, 9.17) is 10.5 Å². The van der Waals surface area contributed by atoms with E-state index >= 15 is 0 Å². The second-order valence-corrected chi connectivity index (χ2v) is 4.48. The summed E-state index contributed by atoms with van der Waals surface area (Å²) < 4.78 is 31.9. The molecule has 1 aromatic carbocycles. The summed E-state index contributed by atoms with van der Waals surface area (Å²) in [6.45, 7) is 1.04. The van der Waals surface area contributed by atoms with Gasteiger partial charge in [-0.15, -0.1) is 0 Å². The molecule has 6 heteroatoms. The van der Waals surface area contributed by atoms with E-state index in [1.54, 1.807) is 4.90 Å². The SMILES string of the molecule is NCC(=O)N1CCC(Oc2cc(F)ccc2F)CC1. The Morgan fingerprint density at radius 2 is 2.05 bits per heavy atom. The molecule has 0 aliphatic carbocycles. The van der Waals surface area contributed by atoms with Crippen molar-refractivity contribution >= 4 is 5.91 Å². The second kappa shape index (κ2) is 5.97. The average Bonchev–Trinajstić information content (AvgIpc) is 2.43. The molecule has 4 nitrogen and oxygen atoms in total. The molecule has 1 aliphatic rings. The Morgan fingerprint density at radius 3 is 2.68 bits per heavy atom. The fraction of sp³-hybridized carbons (Fsp3) is 0.462. The first-order chi connectivity index (χ1) is 9.10. The van der Waals surface area contributed by atoms with Gasteiger partial charge in [-0.3, -0.25) is 4.79 Å². The lowest BCUT2D eigenvalue weighted by Crippen LogP contribution is -2.44. The molecular weight excluding hydrogens is 254 g/mol. The van der Waals surface area contributed by atoms with Gasteiger partial charge in [0.2, 0.25) is 5.91 Å². The van der Waals surface area contributed by atoms with E-state index in [9.17, 15) is 13.6 Å². The molecule has 1 saturated heterocycles. The van der Waals surface area contributed by atoms with Crippen molar-refractivity contribution in [3.8, 4) is 5.75 Å². The maximum atomic E-state index is 13.4. The van der Waals surface area contributed by atoms with Crippen LogP contribution in [0.25, 0.3) is 0 Å². The van der Waals surface area contributed by atoms with E-state index in [-0.39, 0.29) is 24.3 Å². The van der Waals surface area contributed by atoms with E-state index < -0.39 is 11.6 Å². The topological polar surface area (TPSA) is 55.6 Å². The minimum atomic E-state index is -0.582. The molecule has 2 rings (SSSR count). The highest BCUT2D eigenvalue weighted by atomic mass is 19.1. The maximum absolute atomic E-state index is 13.4. The van der Waals surface area contributed by atoms with Crippen LogP contribution < -0.4 is 10.5 Å². The van der Waals surface area contributed by atoms with Crippen LogP contribution in [0.1, 0.15) is 12.8 Å². The molecule has 2 N–H and O–H groups in total. The Balaban J connectivity index is 1.92. The lowest BCUT2D eigenvalue weighted by atomic mass is 10.1. The molecule has 0 saturated carbocycles. The van der Waals surface area contributed by atoms with Gasteiger partial charge in [-0.1, -0.05) is 0 Å². The summed E-state index contributed by atoms with van der Waals surface area (Å²) >= 11 is 0. The molecule has 0 unspecified atom stereocenters. The summed E-state index contributed by atoms with van der Waals surface area (Å²) in [5.74, 6) is -1.30. The molecule has 0 atom stereocenters. The standard InChI is InChI=1S/C13H16F2N2O2/c14-9-1-2-11(15)12(7-9)19-10-3-5-17(6-4-10)13(18)8-16/h1-2,7,10H,3-6,8,16H2. The van der Waals surface area contributed by atoms with Crippen LogP contribution in [-0.4, -0.2) is 36.5 Å². The van der Waals surface area contributed by atoms with Crippen LogP contribution in [0, 0.1) is 11.6 Å². The highest BCUT2D eigenvalue weighted by Crippen LogP contribution is 2.23. The molecule has 0 spiro atoms. The lowest BCUT2D eigenvalue weighted by molar-refractivity contribution is -0.131. The van der Waals surface area contributed by atoms with Crippen LogP contribution in [-0.2, 0) is 4.79 Å². The van der Waals surface area contributed by atoms with Crippen molar-refractivity contribution in [1.82, 2.24) is 4.90 Å². The number of nitrogens with zero attached hydrogens (tertiary/aromatic N) is 1. The second-order valence-electron chi connectivity index (χ2n) is 4.48. The largest absolute Gasteiger partial charge is 0.487 e.